The summed E-state index contributed by atoms with van der Waals surface area (Å²) in [5, 5.41) is 0. The number of benzene rings is 3. The number of piperazine rings is 1. The number of esters is 1. The van der Waals surface area contributed by atoms with E-state index in [4.69, 9.17) is 9.47 Å². The standard InChI is InChI=1S/C34H40FN3O5/c1-23-20-37(15-16-38(23)33(41)43-34(2,3)4)22-24-9-7-10-26(17-24)29-18-25(13-14-30(29)35)21-36(5)31(39)27-11-8-12-28(19-27)32(40)42-6/h7-14,17-19,23H,15-16,20-22H2,1-6H3/t23-/m0/s1. The van der Waals surface area contributed by atoms with Gasteiger partial charge in [0.1, 0.15) is 11.4 Å². The number of halogens is 1. The van der Waals surface area contributed by atoms with Gasteiger partial charge in [0.2, 0.25) is 0 Å². The molecule has 0 spiro atoms. The molecule has 1 atom stereocenters. The van der Waals surface area contributed by atoms with Crippen molar-refractivity contribution in [3.8, 4) is 11.1 Å². The van der Waals surface area contributed by atoms with Crippen molar-refractivity contribution in [3.63, 3.8) is 0 Å². The summed E-state index contributed by atoms with van der Waals surface area (Å²) in [6, 6.07) is 19.0. The monoisotopic (exact) mass is 589 g/mol. The van der Waals surface area contributed by atoms with E-state index in [0.717, 1.165) is 16.7 Å². The predicted octanol–water partition coefficient (Wildman–Crippen LogP) is 5.99. The van der Waals surface area contributed by atoms with Crippen molar-refractivity contribution < 1.29 is 28.2 Å². The van der Waals surface area contributed by atoms with Crippen LogP contribution in [0, 0.1) is 5.82 Å². The fraction of sp³-hybridized carbons (Fsp3) is 0.382. The maximum Gasteiger partial charge on any atom is 0.410 e. The van der Waals surface area contributed by atoms with Crippen LogP contribution in [0.2, 0.25) is 0 Å². The third kappa shape index (κ3) is 8.20. The first-order valence-electron chi connectivity index (χ1n) is 14.4. The number of carbonyl (C=O) groups is 3. The molecule has 0 radical (unpaired) electrons. The molecule has 1 heterocycles. The molecular formula is C34H40FN3O5. The van der Waals surface area contributed by atoms with Crippen LogP contribution in [0.4, 0.5) is 9.18 Å². The van der Waals surface area contributed by atoms with Crippen molar-refractivity contribution in [2.75, 3.05) is 33.8 Å². The minimum Gasteiger partial charge on any atom is -0.465 e. The summed E-state index contributed by atoms with van der Waals surface area (Å²) in [5.41, 5.74) is 3.13. The third-order valence-electron chi connectivity index (χ3n) is 7.31. The van der Waals surface area contributed by atoms with Crippen molar-refractivity contribution in [1.29, 1.82) is 0 Å². The van der Waals surface area contributed by atoms with Gasteiger partial charge in [0, 0.05) is 56.9 Å². The van der Waals surface area contributed by atoms with Gasteiger partial charge in [0.25, 0.3) is 5.91 Å². The number of methoxy groups -OCH3 is 1. The van der Waals surface area contributed by atoms with Gasteiger partial charge in [-0.3, -0.25) is 9.69 Å². The lowest BCUT2D eigenvalue weighted by Gasteiger charge is -2.40. The van der Waals surface area contributed by atoms with Gasteiger partial charge in [0.05, 0.1) is 12.7 Å². The Kier molecular flexibility index (Phi) is 9.86. The van der Waals surface area contributed by atoms with Crippen molar-refractivity contribution in [2.45, 2.75) is 52.4 Å². The normalized spacial score (nSPS) is 15.6. The van der Waals surface area contributed by atoms with Gasteiger partial charge in [-0.25, -0.2) is 14.0 Å². The summed E-state index contributed by atoms with van der Waals surface area (Å²) in [6.07, 6.45) is -0.293. The Bertz CT molecular complexity index is 1480. The molecule has 2 amide bonds. The second kappa shape index (κ2) is 13.4. The van der Waals surface area contributed by atoms with E-state index >= 15 is 4.39 Å². The Morgan fingerprint density at radius 2 is 1.67 bits per heavy atom. The van der Waals surface area contributed by atoms with Crippen molar-refractivity contribution >= 4 is 18.0 Å². The van der Waals surface area contributed by atoms with Crippen LogP contribution in [-0.4, -0.2) is 78.1 Å². The third-order valence-corrected chi connectivity index (χ3v) is 7.31. The minimum absolute atomic E-state index is 0.00329. The van der Waals surface area contributed by atoms with Crippen LogP contribution in [0.3, 0.4) is 0 Å². The first-order chi connectivity index (χ1) is 20.3. The summed E-state index contributed by atoms with van der Waals surface area (Å²) >= 11 is 0. The van der Waals surface area contributed by atoms with Crippen LogP contribution < -0.4 is 0 Å². The molecule has 3 aromatic carbocycles. The smallest absolute Gasteiger partial charge is 0.410 e. The van der Waals surface area contributed by atoms with E-state index in [1.807, 2.05) is 52.0 Å². The quantitative estimate of drug-likeness (QED) is 0.315. The number of ether oxygens (including phenoxy) is 2. The largest absolute Gasteiger partial charge is 0.465 e. The molecule has 1 saturated heterocycles. The van der Waals surface area contributed by atoms with Crippen molar-refractivity contribution in [3.05, 3.63) is 94.8 Å². The highest BCUT2D eigenvalue weighted by molar-refractivity contribution is 5.97. The summed E-state index contributed by atoms with van der Waals surface area (Å²) in [5.74, 6) is -1.12. The highest BCUT2D eigenvalue weighted by Gasteiger charge is 2.30. The predicted molar refractivity (Wildman–Crippen MR) is 163 cm³/mol. The number of hydrogen-bond donors (Lipinski definition) is 0. The number of hydrogen-bond acceptors (Lipinski definition) is 6. The van der Waals surface area contributed by atoms with Crippen molar-refractivity contribution in [2.24, 2.45) is 0 Å². The van der Waals surface area contributed by atoms with E-state index in [-0.39, 0.29) is 30.4 Å². The van der Waals surface area contributed by atoms with E-state index in [1.165, 1.54) is 24.1 Å². The molecule has 228 valence electrons. The van der Waals surface area contributed by atoms with Crippen LogP contribution in [-0.2, 0) is 22.6 Å². The number of carbonyl (C=O) groups excluding carboxylic acids is 3. The maximum atomic E-state index is 15.1. The average molecular weight is 590 g/mol. The summed E-state index contributed by atoms with van der Waals surface area (Å²) in [4.78, 5) is 43.1. The highest BCUT2D eigenvalue weighted by atomic mass is 19.1. The van der Waals surface area contributed by atoms with Gasteiger partial charge in [-0.15, -0.1) is 0 Å². The zero-order chi connectivity index (χ0) is 31.3. The molecule has 1 aliphatic heterocycles. The Morgan fingerprint density at radius 1 is 0.953 bits per heavy atom. The summed E-state index contributed by atoms with van der Waals surface area (Å²) in [7, 11) is 2.96. The van der Waals surface area contributed by atoms with Gasteiger partial charge in [-0.2, -0.15) is 0 Å². The first kappa shape index (κ1) is 31.7. The highest BCUT2D eigenvalue weighted by Crippen LogP contribution is 2.27. The van der Waals surface area contributed by atoms with Crippen LogP contribution in [0.1, 0.15) is 59.5 Å². The molecule has 1 aliphatic rings. The molecular weight excluding hydrogens is 549 g/mol. The van der Waals surface area contributed by atoms with Gasteiger partial charge in [-0.05, 0) is 80.8 Å². The average Bonchev–Trinajstić information content (AvgIpc) is 2.96. The zero-order valence-corrected chi connectivity index (χ0v) is 25.7. The summed E-state index contributed by atoms with van der Waals surface area (Å²) < 4.78 is 25.4. The molecule has 0 N–H and O–H groups in total. The van der Waals surface area contributed by atoms with Crippen molar-refractivity contribution in [1.82, 2.24) is 14.7 Å². The van der Waals surface area contributed by atoms with E-state index in [1.54, 1.807) is 42.3 Å². The van der Waals surface area contributed by atoms with Gasteiger partial charge in [-0.1, -0.05) is 30.3 Å². The van der Waals surface area contributed by atoms with Crippen LogP contribution in [0.5, 0.6) is 0 Å². The van der Waals surface area contributed by atoms with E-state index < -0.39 is 11.6 Å². The lowest BCUT2D eigenvalue weighted by molar-refractivity contribution is 0.000538. The van der Waals surface area contributed by atoms with E-state index in [2.05, 4.69) is 4.90 Å². The second-order valence-electron chi connectivity index (χ2n) is 12.0. The first-order valence-corrected chi connectivity index (χ1v) is 14.4. The van der Waals surface area contributed by atoms with Gasteiger partial charge < -0.3 is 19.3 Å². The summed E-state index contributed by atoms with van der Waals surface area (Å²) in [6.45, 7) is 10.5. The fourth-order valence-corrected chi connectivity index (χ4v) is 5.22. The lowest BCUT2D eigenvalue weighted by Crippen LogP contribution is -2.54. The van der Waals surface area contributed by atoms with Crippen LogP contribution >= 0.6 is 0 Å². The Balaban J connectivity index is 1.43. The zero-order valence-electron chi connectivity index (χ0n) is 25.7. The van der Waals surface area contributed by atoms with Gasteiger partial charge >= 0.3 is 12.1 Å². The molecule has 9 heteroatoms. The Labute approximate surface area is 253 Å². The second-order valence-corrected chi connectivity index (χ2v) is 12.0. The number of amides is 2. The molecule has 0 bridgehead atoms. The number of nitrogens with zero attached hydrogens (tertiary/aromatic N) is 3. The number of rotatable bonds is 7. The van der Waals surface area contributed by atoms with Gasteiger partial charge in [0.15, 0.2) is 0 Å². The molecule has 0 unspecified atom stereocenters. The molecule has 0 saturated carbocycles. The van der Waals surface area contributed by atoms with Crippen LogP contribution in [0.25, 0.3) is 11.1 Å². The SMILES string of the molecule is COC(=O)c1cccc(C(=O)N(C)Cc2ccc(F)c(-c3cccc(CN4CCN(C(=O)OC(C)(C)C)[C@@H](C)C4)c3)c2)c1. The Hall–Kier alpha value is -4.24. The van der Waals surface area contributed by atoms with Crippen LogP contribution in [0.15, 0.2) is 66.7 Å². The lowest BCUT2D eigenvalue weighted by atomic mass is 9.99. The van der Waals surface area contributed by atoms with E-state index in [0.29, 0.717) is 42.9 Å². The molecule has 8 nitrogen and oxygen atoms in total. The molecule has 0 aliphatic carbocycles. The molecule has 3 aromatic rings. The van der Waals surface area contributed by atoms with E-state index in [9.17, 15) is 14.4 Å². The Morgan fingerprint density at radius 3 is 2.37 bits per heavy atom. The maximum absolute atomic E-state index is 15.1. The molecule has 43 heavy (non-hydrogen) atoms. The topological polar surface area (TPSA) is 79.4 Å². The fourth-order valence-electron chi connectivity index (χ4n) is 5.22. The molecule has 4 rings (SSSR count). The molecule has 0 aromatic heterocycles. The molecule has 1 fully saturated rings. The minimum atomic E-state index is -0.538.